The number of oxazole rings is 1. The first-order chi connectivity index (χ1) is 12.1. The molecule has 2 amide bonds. The van der Waals surface area contributed by atoms with Gasteiger partial charge < -0.3 is 9.32 Å². The standard InChI is InChI=1S/C18H21N5O2/c1-12-4-3-5-14-16(12)25-17(20-14)13-7-10-23(11-8-13)18(24)21-15-6-9-19-22(15)2/h3-6,9,13H,7-8,10-11H2,1-2H3,(H,21,24). The number of nitrogens with one attached hydrogen (secondary N) is 1. The van der Waals surface area contributed by atoms with Crippen LogP contribution in [0.4, 0.5) is 10.6 Å². The van der Waals surface area contributed by atoms with Crippen LogP contribution in [0.1, 0.15) is 30.2 Å². The largest absolute Gasteiger partial charge is 0.440 e. The fourth-order valence-corrected chi connectivity index (χ4v) is 3.29. The number of urea groups is 1. The summed E-state index contributed by atoms with van der Waals surface area (Å²) in [6.07, 6.45) is 3.37. The molecular formula is C18H21N5O2. The van der Waals surface area contributed by atoms with Crippen LogP contribution in [0.15, 0.2) is 34.9 Å². The van der Waals surface area contributed by atoms with Crippen molar-refractivity contribution in [3.05, 3.63) is 41.9 Å². The molecule has 1 saturated heterocycles. The van der Waals surface area contributed by atoms with Gasteiger partial charge in [-0.2, -0.15) is 5.10 Å². The molecule has 3 heterocycles. The Labute approximate surface area is 145 Å². The van der Waals surface area contributed by atoms with Gasteiger partial charge in [0, 0.05) is 32.1 Å². The van der Waals surface area contributed by atoms with Crippen LogP contribution in [-0.2, 0) is 7.05 Å². The summed E-state index contributed by atoms with van der Waals surface area (Å²) in [6, 6.07) is 7.70. The van der Waals surface area contributed by atoms with Gasteiger partial charge >= 0.3 is 6.03 Å². The Morgan fingerprint density at radius 1 is 1.28 bits per heavy atom. The van der Waals surface area contributed by atoms with E-state index < -0.39 is 0 Å². The number of hydrogen-bond donors (Lipinski definition) is 1. The summed E-state index contributed by atoms with van der Waals surface area (Å²) in [6.45, 7) is 3.40. The van der Waals surface area contributed by atoms with Crippen molar-refractivity contribution in [2.75, 3.05) is 18.4 Å². The molecule has 0 bridgehead atoms. The molecule has 4 rings (SSSR count). The van der Waals surface area contributed by atoms with Crippen LogP contribution < -0.4 is 5.32 Å². The Morgan fingerprint density at radius 2 is 2.08 bits per heavy atom. The number of anilines is 1. The topological polar surface area (TPSA) is 76.2 Å². The molecule has 3 aromatic rings. The van der Waals surface area contributed by atoms with E-state index in [-0.39, 0.29) is 11.9 Å². The van der Waals surface area contributed by atoms with E-state index in [0.717, 1.165) is 35.4 Å². The van der Waals surface area contributed by atoms with Crippen LogP contribution >= 0.6 is 0 Å². The van der Waals surface area contributed by atoms with Crippen molar-refractivity contribution in [2.45, 2.75) is 25.7 Å². The van der Waals surface area contributed by atoms with Crippen LogP contribution in [0.2, 0.25) is 0 Å². The Kier molecular flexibility index (Phi) is 3.91. The fourth-order valence-electron chi connectivity index (χ4n) is 3.29. The number of likely N-dealkylation sites (tertiary alicyclic amines) is 1. The van der Waals surface area contributed by atoms with E-state index in [4.69, 9.17) is 4.42 Å². The molecule has 25 heavy (non-hydrogen) atoms. The van der Waals surface area contributed by atoms with E-state index >= 15 is 0 Å². The molecule has 1 aliphatic rings. The van der Waals surface area contributed by atoms with Gasteiger partial charge in [0.2, 0.25) is 0 Å². The second-order valence-corrected chi connectivity index (χ2v) is 6.51. The molecule has 2 aromatic heterocycles. The number of carbonyl (C=O) groups is 1. The lowest BCUT2D eigenvalue weighted by atomic mass is 9.97. The predicted octanol–water partition coefficient (Wildman–Crippen LogP) is 3.28. The van der Waals surface area contributed by atoms with Crippen molar-refractivity contribution in [3.63, 3.8) is 0 Å². The van der Waals surface area contributed by atoms with Crippen molar-refractivity contribution in [1.82, 2.24) is 19.7 Å². The number of carbonyl (C=O) groups excluding carboxylic acids is 1. The first-order valence-corrected chi connectivity index (χ1v) is 8.52. The summed E-state index contributed by atoms with van der Waals surface area (Å²) in [5, 5.41) is 6.95. The minimum Gasteiger partial charge on any atom is -0.440 e. The molecule has 1 fully saturated rings. The minimum absolute atomic E-state index is 0.0875. The van der Waals surface area contributed by atoms with Crippen molar-refractivity contribution >= 4 is 22.9 Å². The third-order valence-electron chi connectivity index (χ3n) is 4.82. The Hall–Kier alpha value is -2.83. The molecule has 0 unspecified atom stereocenters. The summed E-state index contributed by atoms with van der Waals surface area (Å²) in [5.41, 5.74) is 2.88. The van der Waals surface area contributed by atoms with Gasteiger partial charge in [-0.25, -0.2) is 9.78 Å². The number of amides is 2. The summed E-state index contributed by atoms with van der Waals surface area (Å²) >= 11 is 0. The molecule has 7 heteroatoms. The normalized spacial score (nSPS) is 15.7. The number of aromatic nitrogens is 3. The number of benzene rings is 1. The number of piperidine rings is 1. The maximum Gasteiger partial charge on any atom is 0.322 e. The molecular weight excluding hydrogens is 318 g/mol. The molecule has 1 N–H and O–H groups in total. The average Bonchev–Trinajstić information content (AvgIpc) is 3.23. The van der Waals surface area contributed by atoms with E-state index in [1.54, 1.807) is 24.0 Å². The van der Waals surface area contributed by atoms with Crippen molar-refractivity contribution in [1.29, 1.82) is 0 Å². The third-order valence-corrected chi connectivity index (χ3v) is 4.82. The lowest BCUT2D eigenvalue weighted by Gasteiger charge is -2.30. The van der Waals surface area contributed by atoms with Gasteiger partial charge in [-0.15, -0.1) is 0 Å². The summed E-state index contributed by atoms with van der Waals surface area (Å²) in [7, 11) is 1.80. The quantitative estimate of drug-likeness (QED) is 0.777. The molecule has 7 nitrogen and oxygen atoms in total. The van der Waals surface area contributed by atoms with Gasteiger partial charge in [0.15, 0.2) is 11.5 Å². The molecule has 130 valence electrons. The number of hydrogen-bond acceptors (Lipinski definition) is 4. The van der Waals surface area contributed by atoms with Crippen LogP contribution in [0, 0.1) is 6.92 Å². The molecule has 0 aliphatic carbocycles. The molecule has 0 radical (unpaired) electrons. The summed E-state index contributed by atoms with van der Waals surface area (Å²) in [4.78, 5) is 18.9. The summed E-state index contributed by atoms with van der Waals surface area (Å²) in [5.74, 6) is 1.74. The van der Waals surface area contributed by atoms with Gasteiger partial charge in [0.1, 0.15) is 11.3 Å². The SMILES string of the molecule is Cc1cccc2nc(C3CCN(C(=O)Nc4ccnn4C)CC3)oc12. The minimum atomic E-state index is -0.0875. The van der Waals surface area contributed by atoms with Crippen molar-refractivity contribution in [3.8, 4) is 0 Å². The highest BCUT2D eigenvalue weighted by Gasteiger charge is 2.27. The third kappa shape index (κ3) is 2.97. The highest BCUT2D eigenvalue weighted by Crippen LogP contribution is 2.31. The summed E-state index contributed by atoms with van der Waals surface area (Å²) < 4.78 is 7.64. The second-order valence-electron chi connectivity index (χ2n) is 6.51. The van der Waals surface area contributed by atoms with E-state index in [1.165, 1.54) is 0 Å². The number of para-hydroxylation sites is 1. The first-order valence-electron chi connectivity index (χ1n) is 8.52. The molecule has 0 saturated carbocycles. The van der Waals surface area contributed by atoms with Crippen molar-refractivity contribution in [2.24, 2.45) is 7.05 Å². The maximum absolute atomic E-state index is 12.4. The highest BCUT2D eigenvalue weighted by molar-refractivity contribution is 5.88. The van der Waals surface area contributed by atoms with E-state index in [9.17, 15) is 4.79 Å². The average molecular weight is 339 g/mol. The number of fused-ring (bicyclic) bond motifs is 1. The second kappa shape index (κ2) is 6.23. The number of nitrogens with zero attached hydrogens (tertiary/aromatic N) is 4. The lowest BCUT2D eigenvalue weighted by molar-refractivity contribution is 0.190. The van der Waals surface area contributed by atoms with Gasteiger partial charge in [0.05, 0.1) is 6.20 Å². The van der Waals surface area contributed by atoms with E-state index in [0.29, 0.717) is 18.9 Å². The van der Waals surface area contributed by atoms with Gasteiger partial charge in [0.25, 0.3) is 0 Å². The monoisotopic (exact) mass is 339 g/mol. The van der Waals surface area contributed by atoms with Crippen LogP contribution in [-0.4, -0.2) is 38.8 Å². The zero-order chi connectivity index (χ0) is 17.4. The van der Waals surface area contributed by atoms with Crippen molar-refractivity contribution < 1.29 is 9.21 Å². The van der Waals surface area contributed by atoms with Crippen LogP contribution in [0.3, 0.4) is 0 Å². The fraction of sp³-hybridized carbons (Fsp3) is 0.389. The smallest absolute Gasteiger partial charge is 0.322 e. The molecule has 0 spiro atoms. The van der Waals surface area contributed by atoms with E-state index in [2.05, 4.69) is 15.4 Å². The van der Waals surface area contributed by atoms with Gasteiger partial charge in [-0.1, -0.05) is 12.1 Å². The Bertz CT molecular complexity index is 905. The predicted molar refractivity (Wildman–Crippen MR) is 94.5 cm³/mol. The zero-order valence-corrected chi connectivity index (χ0v) is 14.4. The van der Waals surface area contributed by atoms with Crippen LogP contribution in [0.25, 0.3) is 11.1 Å². The first kappa shape index (κ1) is 15.7. The highest BCUT2D eigenvalue weighted by atomic mass is 16.3. The zero-order valence-electron chi connectivity index (χ0n) is 14.4. The molecule has 1 aromatic carbocycles. The number of aryl methyl sites for hydroxylation is 2. The Balaban J connectivity index is 1.41. The molecule has 0 atom stereocenters. The maximum atomic E-state index is 12.4. The van der Waals surface area contributed by atoms with Gasteiger partial charge in [-0.3, -0.25) is 10.00 Å². The lowest BCUT2D eigenvalue weighted by Crippen LogP contribution is -2.40. The molecule has 1 aliphatic heterocycles. The van der Waals surface area contributed by atoms with E-state index in [1.807, 2.05) is 30.0 Å². The van der Waals surface area contributed by atoms with Gasteiger partial charge in [-0.05, 0) is 31.4 Å². The number of rotatable bonds is 2. The van der Waals surface area contributed by atoms with Crippen LogP contribution in [0.5, 0.6) is 0 Å². The Morgan fingerprint density at radius 3 is 2.76 bits per heavy atom.